The number of carbonyl (C=O) groups is 1. The molecule has 190 valence electrons. The van der Waals surface area contributed by atoms with Crippen LogP contribution in [-0.2, 0) is 4.79 Å². The molecule has 4 fully saturated rings. The Morgan fingerprint density at radius 2 is 1.62 bits per heavy atom. The molecule has 4 aliphatic carbocycles. The molecule has 0 aliphatic heterocycles. The molecule has 2 N–H and O–H groups in total. The van der Waals surface area contributed by atoms with E-state index in [-0.39, 0.29) is 23.7 Å². The van der Waals surface area contributed by atoms with E-state index >= 15 is 0 Å². The van der Waals surface area contributed by atoms with E-state index in [1.54, 1.807) is 12.1 Å². The molecule has 0 saturated heterocycles. The number of amides is 1. The number of pyridine rings is 1. The van der Waals surface area contributed by atoms with Crippen molar-refractivity contribution in [2.24, 2.45) is 17.8 Å². The maximum atomic E-state index is 13.3. The van der Waals surface area contributed by atoms with Crippen LogP contribution in [0.5, 0.6) is 0 Å². The van der Waals surface area contributed by atoms with E-state index in [9.17, 15) is 14.9 Å². The van der Waals surface area contributed by atoms with Gasteiger partial charge in [0.15, 0.2) is 0 Å². The smallest absolute Gasteiger partial charge is 0.270 e. The highest BCUT2D eigenvalue weighted by Crippen LogP contribution is 2.55. The summed E-state index contributed by atoms with van der Waals surface area (Å²) in [4.78, 5) is 29.1. The average molecular weight is 497 g/mol. The number of nitro benzene ring substituents is 1. The van der Waals surface area contributed by atoms with Crippen LogP contribution in [0, 0.1) is 34.8 Å². The molecule has 3 aromatic rings. The molecule has 1 heterocycles. The van der Waals surface area contributed by atoms with Crippen LogP contribution < -0.4 is 10.6 Å². The van der Waals surface area contributed by atoms with Crippen molar-refractivity contribution >= 4 is 17.3 Å². The summed E-state index contributed by atoms with van der Waals surface area (Å²) in [5, 5.41) is 18.2. The normalized spacial score (nSPS) is 25.7. The summed E-state index contributed by atoms with van der Waals surface area (Å²) in [6, 6.07) is 18.2. The molecule has 0 unspecified atom stereocenters. The molecule has 7 rings (SSSR count). The van der Waals surface area contributed by atoms with E-state index < -0.39 is 4.92 Å². The van der Waals surface area contributed by atoms with Gasteiger partial charge in [-0.1, -0.05) is 42.5 Å². The summed E-state index contributed by atoms with van der Waals surface area (Å²) in [7, 11) is 0. The van der Waals surface area contributed by atoms with Crippen molar-refractivity contribution in [1.82, 2.24) is 10.3 Å². The Labute approximate surface area is 216 Å². The molecule has 0 radical (unpaired) electrons. The van der Waals surface area contributed by atoms with E-state index in [1.807, 2.05) is 49.4 Å². The Morgan fingerprint density at radius 1 is 0.973 bits per heavy atom. The van der Waals surface area contributed by atoms with Gasteiger partial charge in [-0.25, -0.2) is 0 Å². The second-order valence-electron chi connectivity index (χ2n) is 11.3. The first-order chi connectivity index (χ1) is 17.9. The molecule has 2 aromatic carbocycles. The molecule has 37 heavy (non-hydrogen) atoms. The van der Waals surface area contributed by atoms with Crippen molar-refractivity contribution < 1.29 is 9.72 Å². The summed E-state index contributed by atoms with van der Waals surface area (Å²) in [6.45, 7) is 2.12. The fraction of sp³-hybridized carbons (Fsp3) is 0.400. The van der Waals surface area contributed by atoms with Gasteiger partial charge in [-0.3, -0.25) is 19.9 Å². The standard InChI is InChI=1S/C30H32N4O3/c1-19-29(33-28(35)18-31-30-15-20-10-21(16-30)12-22(11-20)17-30)26(24-8-5-9-25(13-24)34(36)37)14-27(32-19)23-6-3-2-4-7-23/h2-9,13-14,20-22,31H,10-12,15-18H2,1H3,(H,33,35). The van der Waals surface area contributed by atoms with Gasteiger partial charge in [-0.15, -0.1) is 0 Å². The number of carbonyl (C=O) groups excluding carboxylic acids is 1. The zero-order valence-corrected chi connectivity index (χ0v) is 21.1. The van der Waals surface area contributed by atoms with Crippen molar-refractivity contribution in [2.45, 2.75) is 51.0 Å². The SMILES string of the molecule is Cc1nc(-c2ccccc2)cc(-c2cccc([N+](=O)[O-])c2)c1NC(=O)CNC12CC3CC(CC(C3)C1)C2. The first-order valence-corrected chi connectivity index (χ1v) is 13.2. The Morgan fingerprint density at radius 3 is 2.27 bits per heavy atom. The first-order valence-electron chi connectivity index (χ1n) is 13.2. The number of aryl methyl sites for hydroxylation is 1. The lowest BCUT2D eigenvalue weighted by molar-refractivity contribution is -0.384. The maximum Gasteiger partial charge on any atom is 0.270 e. The Kier molecular flexibility index (Phi) is 6.03. The molecular weight excluding hydrogens is 464 g/mol. The minimum Gasteiger partial charge on any atom is -0.323 e. The number of benzene rings is 2. The minimum atomic E-state index is -0.400. The van der Waals surface area contributed by atoms with Crippen LogP contribution in [0.15, 0.2) is 60.7 Å². The predicted molar refractivity (Wildman–Crippen MR) is 144 cm³/mol. The van der Waals surface area contributed by atoms with E-state index in [2.05, 4.69) is 10.6 Å². The molecule has 0 spiro atoms. The zero-order chi connectivity index (χ0) is 25.6. The summed E-state index contributed by atoms with van der Waals surface area (Å²) in [5.74, 6) is 2.30. The summed E-state index contributed by atoms with van der Waals surface area (Å²) < 4.78 is 0. The van der Waals surface area contributed by atoms with Crippen molar-refractivity contribution in [1.29, 1.82) is 0 Å². The zero-order valence-electron chi connectivity index (χ0n) is 21.1. The summed E-state index contributed by atoms with van der Waals surface area (Å²) in [5.41, 5.74) is 4.46. The van der Waals surface area contributed by atoms with Crippen molar-refractivity contribution in [3.63, 3.8) is 0 Å². The Balaban J connectivity index is 1.29. The van der Waals surface area contributed by atoms with Gasteiger partial charge in [0.1, 0.15) is 0 Å². The quantitative estimate of drug-likeness (QED) is 0.303. The lowest BCUT2D eigenvalue weighted by atomic mass is 9.53. The number of nitrogens with zero attached hydrogens (tertiary/aromatic N) is 2. The second kappa shape index (κ2) is 9.38. The molecular formula is C30H32N4O3. The third-order valence-electron chi connectivity index (χ3n) is 8.56. The monoisotopic (exact) mass is 496 g/mol. The van der Waals surface area contributed by atoms with Crippen molar-refractivity contribution in [2.75, 3.05) is 11.9 Å². The number of anilines is 1. The Bertz CT molecular complexity index is 1320. The highest BCUT2D eigenvalue weighted by Gasteiger charge is 2.50. The number of aromatic nitrogens is 1. The van der Waals surface area contributed by atoms with Crippen LogP contribution in [0.3, 0.4) is 0 Å². The lowest BCUT2D eigenvalue weighted by Crippen LogP contribution is -2.59. The van der Waals surface area contributed by atoms with Gasteiger partial charge in [0, 0.05) is 28.8 Å². The van der Waals surface area contributed by atoms with E-state index in [1.165, 1.54) is 44.6 Å². The molecule has 7 heteroatoms. The van der Waals surface area contributed by atoms with E-state index in [0.29, 0.717) is 16.9 Å². The fourth-order valence-electron chi connectivity index (χ4n) is 7.38. The molecule has 0 atom stereocenters. The maximum absolute atomic E-state index is 13.3. The number of hydrogen-bond donors (Lipinski definition) is 2. The molecule has 1 aromatic heterocycles. The van der Waals surface area contributed by atoms with E-state index in [0.717, 1.165) is 34.6 Å². The summed E-state index contributed by atoms with van der Waals surface area (Å²) in [6.07, 6.45) is 7.61. The number of non-ortho nitro benzene ring substituents is 1. The highest BCUT2D eigenvalue weighted by molar-refractivity contribution is 5.98. The molecule has 4 aliphatic rings. The van der Waals surface area contributed by atoms with Crippen molar-refractivity contribution in [3.8, 4) is 22.4 Å². The largest absolute Gasteiger partial charge is 0.323 e. The second-order valence-corrected chi connectivity index (χ2v) is 11.3. The molecule has 7 nitrogen and oxygen atoms in total. The molecule has 4 saturated carbocycles. The van der Waals surface area contributed by atoms with Crippen LogP contribution in [0.4, 0.5) is 11.4 Å². The van der Waals surface area contributed by atoms with Crippen LogP contribution in [0.2, 0.25) is 0 Å². The number of nitrogens with one attached hydrogen (secondary N) is 2. The van der Waals surface area contributed by atoms with Gasteiger partial charge in [0.2, 0.25) is 5.91 Å². The highest BCUT2D eigenvalue weighted by atomic mass is 16.6. The van der Waals surface area contributed by atoms with Crippen LogP contribution in [-0.4, -0.2) is 27.9 Å². The lowest BCUT2D eigenvalue weighted by Gasteiger charge is -2.57. The van der Waals surface area contributed by atoms with Gasteiger partial charge < -0.3 is 10.6 Å². The fourth-order valence-corrected chi connectivity index (χ4v) is 7.38. The Hall–Kier alpha value is -3.58. The number of hydrogen-bond acceptors (Lipinski definition) is 5. The van der Waals surface area contributed by atoms with Crippen LogP contribution in [0.25, 0.3) is 22.4 Å². The van der Waals surface area contributed by atoms with Crippen molar-refractivity contribution in [3.05, 3.63) is 76.5 Å². The average Bonchev–Trinajstić information content (AvgIpc) is 2.88. The van der Waals surface area contributed by atoms with Gasteiger partial charge in [0.25, 0.3) is 5.69 Å². The number of nitro groups is 1. The van der Waals surface area contributed by atoms with E-state index in [4.69, 9.17) is 4.98 Å². The van der Waals surface area contributed by atoms with Gasteiger partial charge in [-0.05, 0) is 74.8 Å². The molecule has 1 amide bonds. The summed E-state index contributed by atoms with van der Waals surface area (Å²) >= 11 is 0. The van der Waals surface area contributed by atoms with Crippen LogP contribution >= 0.6 is 0 Å². The first kappa shape index (κ1) is 23.8. The van der Waals surface area contributed by atoms with Crippen LogP contribution in [0.1, 0.15) is 44.2 Å². The van der Waals surface area contributed by atoms with Gasteiger partial charge in [-0.2, -0.15) is 0 Å². The third kappa shape index (κ3) is 4.76. The minimum absolute atomic E-state index is 0.00832. The van der Waals surface area contributed by atoms with Gasteiger partial charge >= 0.3 is 0 Å². The molecule has 4 bridgehead atoms. The number of rotatable bonds is 7. The topological polar surface area (TPSA) is 97.2 Å². The third-order valence-corrected chi connectivity index (χ3v) is 8.56. The van der Waals surface area contributed by atoms with Gasteiger partial charge in [0.05, 0.1) is 28.5 Å². The predicted octanol–water partition coefficient (Wildman–Crippen LogP) is 6.13.